The van der Waals surface area contributed by atoms with Gasteiger partial charge in [-0.3, -0.25) is 9.59 Å². The lowest BCUT2D eigenvalue weighted by Gasteiger charge is -2.08. The number of aliphatic carboxylic acids is 1. The van der Waals surface area contributed by atoms with E-state index in [1.807, 2.05) is 0 Å². The fourth-order valence-corrected chi connectivity index (χ4v) is 2.58. The van der Waals surface area contributed by atoms with E-state index in [9.17, 15) is 14.0 Å². The molecule has 0 spiro atoms. The topological polar surface area (TPSA) is 108 Å². The van der Waals surface area contributed by atoms with Crippen LogP contribution in [-0.2, 0) is 11.2 Å². The predicted octanol–water partition coefficient (Wildman–Crippen LogP) is 2.51. The summed E-state index contributed by atoms with van der Waals surface area (Å²) in [5, 5.41) is 11.7. The van der Waals surface area contributed by atoms with Gasteiger partial charge >= 0.3 is 5.97 Å². The summed E-state index contributed by atoms with van der Waals surface area (Å²) in [6.07, 6.45) is 1.65. The molecule has 3 rings (SSSR count). The van der Waals surface area contributed by atoms with Crippen molar-refractivity contribution in [3.05, 3.63) is 65.6 Å². The number of carbonyl (C=O) groups excluding carboxylic acids is 1. The number of hydrogen-bond donors (Lipinski definition) is 4. The standard InChI is InChI=1S/C18H16FN3O3/c19-13-2-1-3-15-16(13)12(9-21-15)17(23)22-11-6-4-10(5-7-11)8-14(20)18(24)25/h1-7,9,14,21H,8,20H2,(H,22,23)(H,24,25)/t14-/m0/s1. The van der Waals surface area contributed by atoms with Crippen LogP contribution in [0.25, 0.3) is 10.9 Å². The fourth-order valence-electron chi connectivity index (χ4n) is 2.58. The van der Waals surface area contributed by atoms with E-state index in [0.29, 0.717) is 11.2 Å². The Kier molecular flexibility index (Phi) is 4.49. The number of hydrogen-bond acceptors (Lipinski definition) is 3. The maximum absolute atomic E-state index is 14.0. The number of aromatic nitrogens is 1. The van der Waals surface area contributed by atoms with Gasteiger partial charge in [0.15, 0.2) is 0 Å². The molecule has 6 nitrogen and oxygen atoms in total. The van der Waals surface area contributed by atoms with Gasteiger partial charge in [0.25, 0.3) is 5.91 Å². The Hall–Kier alpha value is -3.19. The third-order valence-corrected chi connectivity index (χ3v) is 3.88. The van der Waals surface area contributed by atoms with Crippen LogP contribution in [0, 0.1) is 5.82 Å². The molecule has 1 atom stereocenters. The Balaban J connectivity index is 1.75. The van der Waals surface area contributed by atoms with Crippen molar-refractivity contribution in [1.82, 2.24) is 4.98 Å². The number of anilines is 1. The molecule has 3 aromatic rings. The van der Waals surface area contributed by atoms with Gasteiger partial charge in [-0.05, 0) is 36.2 Å². The molecule has 0 saturated carbocycles. The highest BCUT2D eigenvalue weighted by atomic mass is 19.1. The van der Waals surface area contributed by atoms with Crippen LogP contribution in [0.3, 0.4) is 0 Å². The summed E-state index contributed by atoms with van der Waals surface area (Å²) in [4.78, 5) is 26.0. The van der Waals surface area contributed by atoms with E-state index < -0.39 is 23.7 Å². The van der Waals surface area contributed by atoms with Gasteiger partial charge in [-0.25, -0.2) is 4.39 Å². The summed E-state index contributed by atoms with van der Waals surface area (Å²) < 4.78 is 14.0. The number of benzene rings is 2. The van der Waals surface area contributed by atoms with Crippen LogP contribution in [0.1, 0.15) is 15.9 Å². The minimum Gasteiger partial charge on any atom is -0.480 e. The zero-order valence-electron chi connectivity index (χ0n) is 13.1. The summed E-state index contributed by atoms with van der Waals surface area (Å²) in [6.45, 7) is 0. The lowest BCUT2D eigenvalue weighted by atomic mass is 10.1. The number of aromatic amines is 1. The van der Waals surface area contributed by atoms with E-state index in [-0.39, 0.29) is 17.4 Å². The first-order chi connectivity index (χ1) is 12.0. The van der Waals surface area contributed by atoms with Crippen LogP contribution in [0.2, 0.25) is 0 Å². The molecule has 7 heteroatoms. The summed E-state index contributed by atoms with van der Waals surface area (Å²) in [6, 6.07) is 10.2. The smallest absolute Gasteiger partial charge is 0.320 e. The first-order valence-corrected chi connectivity index (χ1v) is 7.60. The number of carbonyl (C=O) groups is 2. The van der Waals surface area contributed by atoms with E-state index >= 15 is 0 Å². The summed E-state index contributed by atoms with van der Waals surface area (Å²) >= 11 is 0. The van der Waals surface area contributed by atoms with Crippen LogP contribution in [0.15, 0.2) is 48.7 Å². The lowest BCUT2D eigenvalue weighted by molar-refractivity contribution is -0.138. The highest BCUT2D eigenvalue weighted by molar-refractivity contribution is 6.12. The molecule has 25 heavy (non-hydrogen) atoms. The van der Waals surface area contributed by atoms with Crippen molar-refractivity contribution in [2.45, 2.75) is 12.5 Å². The van der Waals surface area contributed by atoms with E-state index in [0.717, 1.165) is 5.56 Å². The van der Waals surface area contributed by atoms with Gasteiger partial charge in [0.2, 0.25) is 0 Å². The van der Waals surface area contributed by atoms with Crippen LogP contribution in [0.4, 0.5) is 10.1 Å². The molecular weight excluding hydrogens is 325 g/mol. The molecule has 0 radical (unpaired) electrons. The predicted molar refractivity (Wildman–Crippen MR) is 92.0 cm³/mol. The average molecular weight is 341 g/mol. The zero-order valence-corrected chi connectivity index (χ0v) is 13.1. The third kappa shape index (κ3) is 3.51. The highest BCUT2D eigenvalue weighted by Gasteiger charge is 2.16. The maximum Gasteiger partial charge on any atom is 0.320 e. The number of amides is 1. The van der Waals surface area contributed by atoms with Crippen molar-refractivity contribution in [3.63, 3.8) is 0 Å². The van der Waals surface area contributed by atoms with Crippen molar-refractivity contribution in [3.8, 4) is 0 Å². The summed E-state index contributed by atoms with van der Waals surface area (Å²) in [5.41, 5.74) is 7.51. The Morgan fingerprint density at radius 3 is 2.60 bits per heavy atom. The molecule has 5 N–H and O–H groups in total. The molecule has 0 saturated heterocycles. The number of halogens is 1. The quantitative estimate of drug-likeness (QED) is 0.572. The average Bonchev–Trinajstić information content (AvgIpc) is 3.02. The van der Waals surface area contributed by atoms with Crippen LogP contribution < -0.4 is 11.1 Å². The first kappa shape index (κ1) is 16.7. The molecule has 1 amide bonds. The van der Waals surface area contributed by atoms with Crippen LogP contribution in [0.5, 0.6) is 0 Å². The minimum atomic E-state index is -1.07. The van der Waals surface area contributed by atoms with E-state index in [4.69, 9.17) is 10.8 Å². The number of nitrogens with one attached hydrogen (secondary N) is 2. The van der Waals surface area contributed by atoms with Gasteiger partial charge in [0, 0.05) is 22.8 Å². The van der Waals surface area contributed by atoms with Crippen molar-refractivity contribution >= 4 is 28.5 Å². The SMILES string of the molecule is N[C@@H](Cc1ccc(NC(=O)c2c[nH]c3cccc(F)c23)cc1)C(=O)O. The van der Waals surface area contributed by atoms with Crippen molar-refractivity contribution in [1.29, 1.82) is 0 Å². The van der Waals surface area contributed by atoms with Gasteiger partial charge in [-0.1, -0.05) is 18.2 Å². The molecule has 0 aliphatic carbocycles. The molecule has 128 valence electrons. The highest BCUT2D eigenvalue weighted by Crippen LogP contribution is 2.22. The largest absolute Gasteiger partial charge is 0.480 e. The number of H-pyrrole nitrogens is 1. The Morgan fingerprint density at radius 1 is 1.20 bits per heavy atom. The van der Waals surface area contributed by atoms with Crippen LogP contribution >= 0.6 is 0 Å². The molecule has 1 heterocycles. The summed E-state index contributed by atoms with van der Waals surface area (Å²) in [7, 11) is 0. The van der Waals surface area contributed by atoms with E-state index in [2.05, 4.69) is 10.3 Å². The zero-order chi connectivity index (χ0) is 18.0. The van der Waals surface area contributed by atoms with E-state index in [1.54, 1.807) is 36.4 Å². The molecule has 0 bridgehead atoms. The van der Waals surface area contributed by atoms with Crippen LogP contribution in [-0.4, -0.2) is 28.0 Å². The minimum absolute atomic E-state index is 0.192. The number of fused-ring (bicyclic) bond motifs is 1. The lowest BCUT2D eigenvalue weighted by Crippen LogP contribution is -2.32. The number of carboxylic acid groups (broad SMARTS) is 1. The number of rotatable bonds is 5. The third-order valence-electron chi connectivity index (χ3n) is 3.88. The van der Waals surface area contributed by atoms with Gasteiger partial charge in [0.05, 0.1) is 5.56 Å². The molecular formula is C18H16FN3O3. The second kappa shape index (κ2) is 6.74. The van der Waals surface area contributed by atoms with Crippen molar-refractivity contribution in [2.75, 3.05) is 5.32 Å². The second-order valence-electron chi connectivity index (χ2n) is 5.66. The Labute approximate surface area is 142 Å². The fraction of sp³-hybridized carbons (Fsp3) is 0.111. The van der Waals surface area contributed by atoms with Gasteiger partial charge in [-0.15, -0.1) is 0 Å². The van der Waals surface area contributed by atoms with E-state index in [1.165, 1.54) is 12.3 Å². The van der Waals surface area contributed by atoms with Gasteiger partial charge < -0.3 is 21.1 Å². The number of nitrogens with two attached hydrogens (primary N) is 1. The summed E-state index contributed by atoms with van der Waals surface area (Å²) in [5.74, 6) is -1.98. The number of carboxylic acids is 1. The molecule has 0 aliphatic heterocycles. The Bertz CT molecular complexity index is 934. The second-order valence-corrected chi connectivity index (χ2v) is 5.66. The molecule has 2 aromatic carbocycles. The van der Waals surface area contributed by atoms with Crippen molar-refractivity contribution < 1.29 is 19.1 Å². The Morgan fingerprint density at radius 2 is 1.92 bits per heavy atom. The van der Waals surface area contributed by atoms with Gasteiger partial charge in [0.1, 0.15) is 11.9 Å². The molecule has 1 aromatic heterocycles. The van der Waals surface area contributed by atoms with Crippen molar-refractivity contribution in [2.24, 2.45) is 5.73 Å². The molecule has 0 fully saturated rings. The molecule has 0 aliphatic rings. The van der Waals surface area contributed by atoms with Gasteiger partial charge in [-0.2, -0.15) is 0 Å². The maximum atomic E-state index is 14.0. The first-order valence-electron chi connectivity index (χ1n) is 7.60. The molecule has 0 unspecified atom stereocenters. The monoisotopic (exact) mass is 341 g/mol. The normalized spacial score (nSPS) is 12.1.